The zero-order valence-corrected chi connectivity index (χ0v) is 8.54. The molecule has 0 saturated carbocycles. The lowest BCUT2D eigenvalue weighted by atomic mass is 10.0. The average Bonchev–Trinajstić information content (AvgIpc) is 2.27. The summed E-state index contributed by atoms with van der Waals surface area (Å²) in [5.41, 5.74) is 1.25. The number of hydrogen-bond acceptors (Lipinski definition) is 3. The summed E-state index contributed by atoms with van der Waals surface area (Å²) < 4.78 is 10.8. The summed E-state index contributed by atoms with van der Waals surface area (Å²) in [6.45, 7) is 0.733. The third-order valence-electron chi connectivity index (χ3n) is 2.59. The Morgan fingerprint density at radius 2 is 2.36 bits per heavy atom. The lowest BCUT2D eigenvalue weighted by molar-refractivity contribution is 0.244. The van der Waals surface area contributed by atoms with Crippen molar-refractivity contribution in [3.63, 3.8) is 0 Å². The Morgan fingerprint density at radius 1 is 1.50 bits per heavy atom. The summed E-state index contributed by atoms with van der Waals surface area (Å²) in [6.07, 6.45) is 1.02. The van der Waals surface area contributed by atoms with E-state index in [4.69, 9.17) is 9.47 Å². The van der Waals surface area contributed by atoms with Crippen LogP contribution in [0, 0.1) is 0 Å². The fourth-order valence-electron chi connectivity index (χ4n) is 1.66. The summed E-state index contributed by atoms with van der Waals surface area (Å²) in [6, 6.07) is 6.41. The Labute approximate surface area is 84.0 Å². The van der Waals surface area contributed by atoms with E-state index in [-0.39, 0.29) is 0 Å². The van der Waals surface area contributed by atoms with Crippen molar-refractivity contribution in [1.82, 2.24) is 5.32 Å². The fourth-order valence-corrected chi connectivity index (χ4v) is 1.66. The van der Waals surface area contributed by atoms with Gasteiger partial charge >= 0.3 is 0 Å². The molecule has 1 aromatic rings. The minimum Gasteiger partial charge on any atom is -0.497 e. The standard InChI is InChI=1S/C11H15NO2/c1-12-9-5-8-3-4-10(13-2)6-11(8)14-7-9/h3-4,6,9,12H,5,7H2,1-2H3/t9-/m1/s1. The van der Waals surface area contributed by atoms with Gasteiger partial charge in [-0.15, -0.1) is 0 Å². The largest absolute Gasteiger partial charge is 0.497 e. The Hall–Kier alpha value is -1.22. The predicted octanol–water partition coefficient (Wildman–Crippen LogP) is 1.22. The van der Waals surface area contributed by atoms with Gasteiger partial charge in [0.15, 0.2) is 0 Å². The maximum Gasteiger partial charge on any atom is 0.126 e. The van der Waals surface area contributed by atoms with Crippen LogP contribution >= 0.6 is 0 Å². The van der Waals surface area contributed by atoms with E-state index < -0.39 is 0 Å². The summed E-state index contributed by atoms with van der Waals surface area (Å²) in [5, 5.41) is 3.22. The number of fused-ring (bicyclic) bond motifs is 1. The van der Waals surface area contributed by atoms with Crippen molar-refractivity contribution in [2.75, 3.05) is 20.8 Å². The first-order valence-electron chi connectivity index (χ1n) is 4.80. The van der Waals surface area contributed by atoms with Crippen LogP contribution in [0.5, 0.6) is 11.5 Å². The van der Waals surface area contributed by atoms with Crippen molar-refractivity contribution in [1.29, 1.82) is 0 Å². The molecular weight excluding hydrogens is 178 g/mol. The molecular formula is C11H15NO2. The first kappa shape index (κ1) is 9.34. The normalized spacial score (nSPS) is 19.7. The second-order valence-corrected chi connectivity index (χ2v) is 3.47. The molecule has 2 rings (SSSR count). The van der Waals surface area contributed by atoms with E-state index in [0.717, 1.165) is 24.5 Å². The first-order chi connectivity index (χ1) is 6.83. The van der Waals surface area contributed by atoms with Gasteiger partial charge in [0.05, 0.1) is 7.11 Å². The molecule has 0 aromatic heterocycles. The SMILES string of the molecule is CN[C@H]1COc2cc(OC)ccc2C1. The summed E-state index contributed by atoms with van der Waals surface area (Å²) in [5.74, 6) is 1.81. The Balaban J connectivity index is 2.23. The molecule has 0 spiro atoms. The van der Waals surface area contributed by atoms with Crippen LogP contribution in [0.2, 0.25) is 0 Å². The topological polar surface area (TPSA) is 30.5 Å². The Bertz CT molecular complexity index is 325. The zero-order chi connectivity index (χ0) is 9.97. The van der Waals surface area contributed by atoms with E-state index in [9.17, 15) is 0 Å². The van der Waals surface area contributed by atoms with Crippen molar-refractivity contribution in [3.8, 4) is 11.5 Å². The molecule has 0 radical (unpaired) electrons. The van der Waals surface area contributed by atoms with Crippen LogP contribution in [0.1, 0.15) is 5.56 Å². The van der Waals surface area contributed by atoms with Crippen LogP contribution in [-0.4, -0.2) is 26.8 Å². The van der Waals surface area contributed by atoms with Crippen molar-refractivity contribution in [3.05, 3.63) is 23.8 Å². The van der Waals surface area contributed by atoms with Crippen molar-refractivity contribution >= 4 is 0 Å². The van der Waals surface area contributed by atoms with Crippen molar-refractivity contribution in [2.45, 2.75) is 12.5 Å². The molecule has 1 aromatic carbocycles. The zero-order valence-electron chi connectivity index (χ0n) is 8.54. The summed E-state index contributed by atoms with van der Waals surface area (Å²) in [4.78, 5) is 0. The maximum atomic E-state index is 5.63. The Kier molecular flexibility index (Phi) is 2.59. The molecule has 76 valence electrons. The number of ether oxygens (including phenoxy) is 2. The van der Waals surface area contributed by atoms with Gasteiger partial charge in [0.1, 0.15) is 18.1 Å². The second-order valence-electron chi connectivity index (χ2n) is 3.47. The van der Waals surface area contributed by atoms with Gasteiger partial charge in [0.25, 0.3) is 0 Å². The molecule has 1 N–H and O–H groups in total. The molecule has 0 fully saturated rings. The summed E-state index contributed by atoms with van der Waals surface area (Å²) in [7, 11) is 3.63. The lowest BCUT2D eigenvalue weighted by Gasteiger charge is -2.25. The van der Waals surface area contributed by atoms with E-state index in [0.29, 0.717) is 6.04 Å². The van der Waals surface area contributed by atoms with Crippen LogP contribution in [0.3, 0.4) is 0 Å². The van der Waals surface area contributed by atoms with E-state index in [2.05, 4.69) is 11.4 Å². The summed E-state index contributed by atoms with van der Waals surface area (Å²) >= 11 is 0. The van der Waals surface area contributed by atoms with Gasteiger partial charge in [-0.05, 0) is 25.1 Å². The van der Waals surface area contributed by atoms with Gasteiger partial charge in [-0.2, -0.15) is 0 Å². The van der Waals surface area contributed by atoms with E-state index in [1.807, 2.05) is 19.2 Å². The van der Waals surface area contributed by atoms with Gasteiger partial charge in [-0.3, -0.25) is 0 Å². The highest BCUT2D eigenvalue weighted by atomic mass is 16.5. The molecule has 1 atom stereocenters. The molecule has 1 aliphatic heterocycles. The number of benzene rings is 1. The molecule has 0 bridgehead atoms. The highest BCUT2D eigenvalue weighted by Gasteiger charge is 2.18. The lowest BCUT2D eigenvalue weighted by Crippen LogP contribution is -2.36. The Morgan fingerprint density at radius 3 is 3.07 bits per heavy atom. The minimum atomic E-state index is 0.427. The molecule has 14 heavy (non-hydrogen) atoms. The molecule has 0 amide bonds. The molecule has 3 nitrogen and oxygen atoms in total. The monoisotopic (exact) mass is 193 g/mol. The van der Waals surface area contributed by atoms with Gasteiger partial charge in [0.2, 0.25) is 0 Å². The van der Waals surface area contributed by atoms with Gasteiger partial charge in [0, 0.05) is 12.1 Å². The highest BCUT2D eigenvalue weighted by Crippen LogP contribution is 2.28. The van der Waals surface area contributed by atoms with Gasteiger partial charge in [-0.1, -0.05) is 6.07 Å². The van der Waals surface area contributed by atoms with Crippen molar-refractivity contribution < 1.29 is 9.47 Å². The number of hydrogen-bond donors (Lipinski definition) is 1. The number of methoxy groups -OCH3 is 1. The van der Waals surface area contributed by atoms with E-state index in [1.165, 1.54) is 5.56 Å². The van der Waals surface area contributed by atoms with Crippen LogP contribution in [0.15, 0.2) is 18.2 Å². The average molecular weight is 193 g/mol. The van der Waals surface area contributed by atoms with Crippen LogP contribution < -0.4 is 14.8 Å². The van der Waals surface area contributed by atoms with E-state index >= 15 is 0 Å². The van der Waals surface area contributed by atoms with Crippen LogP contribution in [0.4, 0.5) is 0 Å². The molecule has 0 saturated heterocycles. The van der Waals surface area contributed by atoms with Gasteiger partial charge in [-0.25, -0.2) is 0 Å². The molecule has 1 aliphatic rings. The fraction of sp³-hybridized carbons (Fsp3) is 0.455. The number of rotatable bonds is 2. The second kappa shape index (κ2) is 3.88. The van der Waals surface area contributed by atoms with Crippen LogP contribution in [0.25, 0.3) is 0 Å². The van der Waals surface area contributed by atoms with Crippen molar-refractivity contribution in [2.24, 2.45) is 0 Å². The highest BCUT2D eigenvalue weighted by molar-refractivity contribution is 5.42. The number of likely N-dealkylation sites (N-methyl/N-ethyl adjacent to an activating group) is 1. The molecule has 3 heteroatoms. The molecule has 0 unspecified atom stereocenters. The molecule has 0 aliphatic carbocycles. The third-order valence-corrected chi connectivity index (χ3v) is 2.59. The van der Waals surface area contributed by atoms with Gasteiger partial charge < -0.3 is 14.8 Å². The maximum absolute atomic E-state index is 5.63. The smallest absolute Gasteiger partial charge is 0.126 e. The van der Waals surface area contributed by atoms with Crippen LogP contribution in [-0.2, 0) is 6.42 Å². The number of nitrogens with one attached hydrogen (secondary N) is 1. The third kappa shape index (κ3) is 1.68. The minimum absolute atomic E-state index is 0.427. The predicted molar refractivity (Wildman–Crippen MR) is 55.0 cm³/mol. The first-order valence-corrected chi connectivity index (χ1v) is 4.80. The molecule has 1 heterocycles. The quantitative estimate of drug-likeness (QED) is 0.766. The van der Waals surface area contributed by atoms with E-state index in [1.54, 1.807) is 7.11 Å².